The van der Waals surface area contributed by atoms with Crippen LogP contribution in [0.5, 0.6) is 11.5 Å². The van der Waals surface area contributed by atoms with Gasteiger partial charge in [0.05, 0.1) is 18.7 Å². The zero-order chi connectivity index (χ0) is 14.7. The monoisotopic (exact) mass is 341 g/mol. The molecule has 0 aliphatic carbocycles. The summed E-state index contributed by atoms with van der Waals surface area (Å²) in [4.78, 5) is 0. The smallest absolute Gasteiger partial charge is 0.175 e. The molecule has 1 aromatic carbocycles. The second-order valence-electron chi connectivity index (χ2n) is 5.58. The highest BCUT2D eigenvalue weighted by Gasteiger charge is 2.26. The predicted octanol–water partition coefficient (Wildman–Crippen LogP) is 4.40. The molecule has 4 heteroatoms. The van der Waals surface area contributed by atoms with E-state index in [9.17, 15) is 0 Å². The Bertz CT molecular complexity index is 468. The SMILES string of the molecule is COc1c(Br)cc(C2CCCCN2)c(C(C)C)c1OC. The number of piperidine rings is 1. The Kier molecular flexibility index (Phi) is 5.33. The molecule has 0 amide bonds. The average Bonchev–Trinajstić information content (AvgIpc) is 2.46. The Hall–Kier alpha value is -0.740. The minimum atomic E-state index is 0.394. The molecule has 112 valence electrons. The minimum Gasteiger partial charge on any atom is -0.493 e. The molecule has 0 aromatic heterocycles. The predicted molar refractivity (Wildman–Crippen MR) is 85.9 cm³/mol. The molecule has 20 heavy (non-hydrogen) atoms. The highest BCUT2D eigenvalue weighted by Crippen LogP contribution is 2.45. The summed E-state index contributed by atoms with van der Waals surface area (Å²) >= 11 is 3.62. The number of rotatable bonds is 4. The normalized spacial score (nSPS) is 19.2. The molecule has 1 atom stereocenters. The van der Waals surface area contributed by atoms with E-state index in [2.05, 4.69) is 41.2 Å². The Morgan fingerprint density at radius 1 is 1.20 bits per heavy atom. The maximum atomic E-state index is 5.66. The van der Waals surface area contributed by atoms with Crippen molar-refractivity contribution in [3.05, 3.63) is 21.7 Å². The van der Waals surface area contributed by atoms with Crippen molar-refractivity contribution in [2.45, 2.75) is 45.1 Å². The largest absolute Gasteiger partial charge is 0.493 e. The van der Waals surface area contributed by atoms with Crippen LogP contribution in [-0.2, 0) is 0 Å². The van der Waals surface area contributed by atoms with E-state index in [0.717, 1.165) is 22.5 Å². The van der Waals surface area contributed by atoms with Crippen molar-refractivity contribution in [2.75, 3.05) is 20.8 Å². The summed E-state index contributed by atoms with van der Waals surface area (Å²) in [5, 5.41) is 3.63. The van der Waals surface area contributed by atoms with Crippen LogP contribution in [0.2, 0.25) is 0 Å². The molecule has 1 aromatic rings. The van der Waals surface area contributed by atoms with E-state index >= 15 is 0 Å². The van der Waals surface area contributed by atoms with Crippen LogP contribution in [-0.4, -0.2) is 20.8 Å². The third kappa shape index (κ3) is 2.96. The van der Waals surface area contributed by atoms with Gasteiger partial charge in [-0.2, -0.15) is 0 Å². The van der Waals surface area contributed by atoms with Gasteiger partial charge in [0.2, 0.25) is 0 Å². The molecular weight excluding hydrogens is 318 g/mol. The van der Waals surface area contributed by atoms with Gasteiger partial charge in [0, 0.05) is 11.6 Å². The van der Waals surface area contributed by atoms with Crippen molar-refractivity contribution < 1.29 is 9.47 Å². The summed E-state index contributed by atoms with van der Waals surface area (Å²) in [6.07, 6.45) is 3.73. The fourth-order valence-corrected chi connectivity index (χ4v) is 3.62. The van der Waals surface area contributed by atoms with Gasteiger partial charge in [-0.3, -0.25) is 0 Å². The standard InChI is InChI=1S/C16H24BrNO2/c1-10(2)14-11(13-7-5-6-8-18-13)9-12(17)15(19-3)16(14)20-4/h9-10,13,18H,5-8H2,1-4H3. The quantitative estimate of drug-likeness (QED) is 0.880. The summed E-state index contributed by atoms with van der Waals surface area (Å²) in [6.45, 7) is 5.50. The maximum Gasteiger partial charge on any atom is 0.175 e. The van der Waals surface area contributed by atoms with Crippen molar-refractivity contribution in [3.63, 3.8) is 0 Å². The molecule has 1 unspecified atom stereocenters. The first-order chi connectivity index (χ1) is 9.60. The third-order valence-electron chi connectivity index (χ3n) is 3.93. The fourth-order valence-electron chi connectivity index (χ4n) is 3.04. The van der Waals surface area contributed by atoms with E-state index in [1.165, 1.54) is 30.4 Å². The van der Waals surface area contributed by atoms with E-state index in [0.29, 0.717) is 12.0 Å². The Morgan fingerprint density at radius 2 is 1.90 bits per heavy atom. The third-order valence-corrected chi connectivity index (χ3v) is 4.52. The van der Waals surface area contributed by atoms with Gasteiger partial charge in [-0.1, -0.05) is 20.3 Å². The van der Waals surface area contributed by atoms with Crippen molar-refractivity contribution in [2.24, 2.45) is 0 Å². The average molecular weight is 342 g/mol. The fraction of sp³-hybridized carbons (Fsp3) is 0.625. The number of halogens is 1. The van der Waals surface area contributed by atoms with Crippen LogP contribution < -0.4 is 14.8 Å². The lowest BCUT2D eigenvalue weighted by Crippen LogP contribution is -2.28. The van der Waals surface area contributed by atoms with Gasteiger partial charge in [-0.25, -0.2) is 0 Å². The molecule has 1 saturated heterocycles. The highest BCUT2D eigenvalue weighted by molar-refractivity contribution is 9.10. The van der Waals surface area contributed by atoms with Crippen molar-refractivity contribution in [1.29, 1.82) is 0 Å². The molecule has 0 bridgehead atoms. The molecule has 0 saturated carbocycles. The number of ether oxygens (including phenoxy) is 2. The van der Waals surface area contributed by atoms with Crippen LogP contribution in [0.1, 0.15) is 56.2 Å². The van der Waals surface area contributed by atoms with Gasteiger partial charge in [-0.05, 0) is 52.9 Å². The highest BCUT2D eigenvalue weighted by atomic mass is 79.9. The van der Waals surface area contributed by atoms with Crippen LogP contribution in [0.25, 0.3) is 0 Å². The Balaban J connectivity index is 2.57. The molecule has 1 aliphatic rings. The van der Waals surface area contributed by atoms with Crippen molar-refractivity contribution >= 4 is 15.9 Å². The van der Waals surface area contributed by atoms with Gasteiger partial charge < -0.3 is 14.8 Å². The molecule has 1 N–H and O–H groups in total. The zero-order valence-corrected chi connectivity index (χ0v) is 14.3. The van der Waals surface area contributed by atoms with Gasteiger partial charge >= 0.3 is 0 Å². The first-order valence-corrected chi connectivity index (χ1v) is 8.07. The molecule has 1 heterocycles. The minimum absolute atomic E-state index is 0.394. The molecular formula is C16H24BrNO2. The molecule has 0 spiro atoms. The molecule has 1 aliphatic heterocycles. The zero-order valence-electron chi connectivity index (χ0n) is 12.8. The van der Waals surface area contributed by atoms with Crippen LogP contribution in [0.3, 0.4) is 0 Å². The Labute approximate surface area is 130 Å². The number of benzene rings is 1. The lowest BCUT2D eigenvalue weighted by Gasteiger charge is -2.29. The summed E-state index contributed by atoms with van der Waals surface area (Å²) < 4.78 is 12.1. The Morgan fingerprint density at radius 3 is 2.40 bits per heavy atom. The van der Waals surface area contributed by atoms with Crippen molar-refractivity contribution in [1.82, 2.24) is 5.32 Å². The summed E-state index contributed by atoms with van der Waals surface area (Å²) in [7, 11) is 3.40. The van der Waals surface area contributed by atoms with E-state index in [-0.39, 0.29) is 0 Å². The molecule has 2 rings (SSSR count). The molecule has 1 fully saturated rings. The molecule has 0 radical (unpaired) electrons. The topological polar surface area (TPSA) is 30.5 Å². The number of hydrogen-bond donors (Lipinski definition) is 1. The van der Waals surface area contributed by atoms with Gasteiger partial charge in [-0.15, -0.1) is 0 Å². The lowest BCUT2D eigenvalue weighted by molar-refractivity contribution is 0.344. The summed E-state index contributed by atoms with van der Waals surface area (Å²) in [5.74, 6) is 2.04. The number of nitrogens with one attached hydrogen (secondary N) is 1. The van der Waals surface area contributed by atoms with E-state index in [1.807, 2.05) is 0 Å². The first-order valence-electron chi connectivity index (χ1n) is 7.27. The number of hydrogen-bond acceptors (Lipinski definition) is 3. The van der Waals surface area contributed by atoms with Gasteiger partial charge in [0.15, 0.2) is 11.5 Å². The number of methoxy groups -OCH3 is 2. The van der Waals surface area contributed by atoms with Crippen LogP contribution >= 0.6 is 15.9 Å². The van der Waals surface area contributed by atoms with E-state index in [4.69, 9.17) is 9.47 Å². The van der Waals surface area contributed by atoms with E-state index in [1.54, 1.807) is 14.2 Å². The van der Waals surface area contributed by atoms with E-state index < -0.39 is 0 Å². The van der Waals surface area contributed by atoms with Crippen molar-refractivity contribution in [3.8, 4) is 11.5 Å². The van der Waals surface area contributed by atoms with Crippen LogP contribution in [0.15, 0.2) is 10.5 Å². The van der Waals surface area contributed by atoms with Gasteiger partial charge in [0.1, 0.15) is 0 Å². The second kappa shape index (κ2) is 6.81. The molecule has 3 nitrogen and oxygen atoms in total. The first kappa shape index (κ1) is 15.6. The van der Waals surface area contributed by atoms with Crippen LogP contribution in [0.4, 0.5) is 0 Å². The maximum absolute atomic E-state index is 5.66. The second-order valence-corrected chi connectivity index (χ2v) is 6.44. The summed E-state index contributed by atoms with van der Waals surface area (Å²) in [6, 6.07) is 2.61. The lowest BCUT2D eigenvalue weighted by atomic mass is 9.88. The summed E-state index contributed by atoms with van der Waals surface area (Å²) in [5.41, 5.74) is 2.59. The van der Waals surface area contributed by atoms with Crippen LogP contribution in [0, 0.1) is 0 Å². The van der Waals surface area contributed by atoms with Gasteiger partial charge in [0.25, 0.3) is 0 Å².